The summed E-state index contributed by atoms with van der Waals surface area (Å²) in [5, 5.41) is 0. The van der Waals surface area contributed by atoms with Crippen LogP contribution < -0.4 is 4.74 Å². The molecule has 0 bridgehead atoms. The second-order valence-electron chi connectivity index (χ2n) is 4.71. The third-order valence-corrected chi connectivity index (χ3v) is 3.06. The van der Waals surface area contributed by atoms with Crippen LogP contribution >= 0.6 is 0 Å². The molecule has 0 aliphatic rings. The number of hydrogen-bond acceptors (Lipinski definition) is 4. The molecule has 20 heavy (non-hydrogen) atoms. The second kappa shape index (κ2) is 9.75. The minimum absolute atomic E-state index is 0.0942. The van der Waals surface area contributed by atoms with Gasteiger partial charge in [0, 0.05) is 32.7 Å². The zero-order valence-corrected chi connectivity index (χ0v) is 13.1. The lowest BCUT2D eigenvalue weighted by atomic mass is 10.2. The van der Waals surface area contributed by atoms with Crippen molar-refractivity contribution in [1.82, 2.24) is 4.90 Å². The lowest BCUT2D eigenvalue weighted by Crippen LogP contribution is -2.26. The molecule has 4 nitrogen and oxygen atoms in total. The molecule has 4 heteroatoms. The van der Waals surface area contributed by atoms with Gasteiger partial charge in [-0.2, -0.15) is 0 Å². The summed E-state index contributed by atoms with van der Waals surface area (Å²) < 4.78 is 16.3. The van der Waals surface area contributed by atoms with Gasteiger partial charge in [-0.05, 0) is 38.6 Å². The molecular weight excluding hydrogens is 254 g/mol. The van der Waals surface area contributed by atoms with Gasteiger partial charge < -0.3 is 19.1 Å². The van der Waals surface area contributed by atoms with Crippen molar-refractivity contribution in [2.24, 2.45) is 0 Å². The highest BCUT2D eigenvalue weighted by Gasteiger charge is 2.09. The minimum Gasteiger partial charge on any atom is -0.497 e. The molecule has 1 aromatic rings. The summed E-state index contributed by atoms with van der Waals surface area (Å²) in [5.74, 6) is 0.893. The third kappa shape index (κ3) is 6.37. The molecule has 0 unspecified atom stereocenters. The Labute approximate surface area is 122 Å². The molecule has 0 aromatic heterocycles. The molecular formula is C16H27NO3. The van der Waals surface area contributed by atoms with Crippen molar-refractivity contribution in [3.63, 3.8) is 0 Å². The van der Waals surface area contributed by atoms with Gasteiger partial charge in [-0.3, -0.25) is 0 Å². The van der Waals surface area contributed by atoms with Crippen LogP contribution in [0.1, 0.15) is 25.8 Å². The summed E-state index contributed by atoms with van der Waals surface area (Å²) in [6.07, 6.45) is 0.789. The van der Waals surface area contributed by atoms with Crippen LogP contribution in [0.5, 0.6) is 5.75 Å². The summed E-state index contributed by atoms with van der Waals surface area (Å²) in [6.45, 7) is 7.21. The first-order chi connectivity index (χ1) is 9.69. The van der Waals surface area contributed by atoms with Crippen molar-refractivity contribution in [1.29, 1.82) is 0 Å². The van der Waals surface area contributed by atoms with Crippen molar-refractivity contribution < 1.29 is 14.2 Å². The lowest BCUT2D eigenvalue weighted by Gasteiger charge is -2.21. The van der Waals surface area contributed by atoms with Gasteiger partial charge in [-0.15, -0.1) is 0 Å². The first-order valence-corrected chi connectivity index (χ1v) is 7.24. The van der Waals surface area contributed by atoms with E-state index in [1.54, 1.807) is 7.11 Å². The highest BCUT2D eigenvalue weighted by Crippen LogP contribution is 2.13. The Hall–Kier alpha value is -1.10. The van der Waals surface area contributed by atoms with Crippen molar-refractivity contribution in [3.8, 4) is 5.75 Å². The van der Waals surface area contributed by atoms with E-state index in [0.717, 1.165) is 25.3 Å². The maximum atomic E-state index is 5.55. The monoisotopic (exact) mass is 281 g/mol. The van der Waals surface area contributed by atoms with E-state index in [1.807, 2.05) is 26.0 Å². The van der Waals surface area contributed by atoms with Crippen LogP contribution in [0.2, 0.25) is 0 Å². The molecule has 1 rings (SSSR count). The summed E-state index contributed by atoms with van der Waals surface area (Å²) in [6, 6.07) is 8.18. The van der Waals surface area contributed by atoms with E-state index in [-0.39, 0.29) is 6.29 Å². The van der Waals surface area contributed by atoms with Crippen LogP contribution in [0.4, 0.5) is 0 Å². The fourth-order valence-electron chi connectivity index (χ4n) is 2.03. The first kappa shape index (κ1) is 17.0. The standard InChI is InChI=1S/C16H27NO3/c1-5-19-16(20-6-2)11-12-17(3)13-14-7-9-15(18-4)10-8-14/h7-10,16H,5-6,11-13H2,1-4H3. The van der Waals surface area contributed by atoms with Crippen molar-refractivity contribution >= 4 is 0 Å². The number of hydrogen-bond donors (Lipinski definition) is 0. The van der Waals surface area contributed by atoms with Gasteiger partial charge in [0.25, 0.3) is 0 Å². The minimum atomic E-state index is -0.0942. The predicted octanol–water partition coefficient (Wildman–Crippen LogP) is 2.92. The fourth-order valence-corrected chi connectivity index (χ4v) is 2.03. The second-order valence-corrected chi connectivity index (χ2v) is 4.71. The van der Waals surface area contributed by atoms with Gasteiger partial charge in [0.05, 0.1) is 7.11 Å². The maximum absolute atomic E-state index is 5.55. The van der Waals surface area contributed by atoms with Gasteiger partial charge in [0.2, 0.25) is 0 Å². The largest absolute Gasteiger partial charge is 0.497 e. The molecule has 0 atom stereocenters. The highest BCUT2D eigenvalue weighted by atomic mass is 16.7. The molecule has 0 amide bonds. The quantitative estimate of drug-likeness (QED) is 0.617. The van der Waals surface area contributed by atoms with E-state index in [9.17, 15) is 0 Å². The van der Waals surface area contributed by atoms with Gasteiger partial charge in [0.15, 0.2) is 6.29 Å². The van der Waals surface area contributed by atoms with Crippen LogP contribution in [0.25, 0.3) is 0 Å². The molecule has 0 aliphatic carbocycles. The molecule has 0 spiro atoms. The van der Waals surface area contributed by atoms with Crippen molar-refractivity contribution in [3.05, 3.63) is 29.8 Å². The molecule has 114 valence electrons. The first-order valence-electron chi connectivity index (χ1n) is 7.24. The van der Waals surface area contributed by atoms with Crippen LogP contribution in [0.15, 0.2) is 24.3 Å². The van der Waals surface area contributed by atoms with E-state index in [2.05, 4.69) is 24.1 Å². The van der Waals surface area contributed by atoms with Gasteiger partial charge in [0.1, 0.15) is 5.75 Å². The van der Waals surface area contributed by atoms with Gasteiger partial charge in [-0.1, -0.05) is 12.1 Å². The van der Waals surface area contributed by atoms with Crippen LogP contribution in [-0.4, -0.2) is 45.1 Å². The van der Waals surface area contributed by atoms with Gasteiger partial charge in [-0.25, -0.2) is 0 Å². The topological polar surface area (TPSA) is 30.9 Å². The zero-order valence-electron chi connectivity index (χ0n) is 13.1. The SMILES string of the molecule is CCOC(CCN(C)Cc1ccc(OC)cc1)OCC. The normalized spacial score (nSPS) is 11.3. The molecule has 0 aliphatic heterocycles. The van der Waals surface area contributed by atoms with E-state index in [0.29, 0.717) is 13.2 Å². The van der Waals surface area contributed by atoms with E-state index in [1.165, 1.54) is 5.56 Å². The Kier molecular flexibility index (Phi) is 8.26. The molecule has 0 saturated carbocycles. The molecule has 1 aromatic carbocycles. The lowest BCUT2D eigenvalue weighted by molar-refractivity contribution is -0.141. The van der Waals surface area contributed by atoms with Crippen LogP contribution in [0, 0.1) is 0 Å². The highest BCUT2D eigenvalue weighted by molar-refractivity contribution is 5.26. The average molecular weight is 281 g/mol. The molecule has 0 saturated heterocycles. The smallest absolute Gasteiger partial charge is 0.158 e. The number of rotatable bonds is 10. The molecule has 0 radical (unpaired) electrons. The van der Waals surface area contributed by atoms with Gasteiger partial charge >= 0.3 is 0 Å². The number of ether oxygens (including phenoxy) is 3. The number of nitrogens with zero attached hydrogens (tertiary/aromatic N) is 1. The van der Waals surface area contributed by atoms with Crippen molar-refractivity contribution in [2.45, 2.75) is 33.1 Å². The molecule has 0 heterocycles. The van der Waals surface area contributed by atoms with Crippen LogP contribution in [0.3, 0.4) is 0 Å². The Balaban J connectivity index is 2.35. The van der Waals surface area contributed by atoms with Crippen LogP contribution in [-0.2, 0) is 16.0 Å². The predicted molar refractivity (Wildman–Crippen MR) is 81.0 cm³/mol. The van der Waals surface area contributed by atoms with E-state index in [4.69, 9.17) is 14.2 Å². The zero-order chi connectivity index (χ0) is 14.8. The Bertz CT molecular complexity index is 347. The summed E-state index contributed by atoms with van der Waals surface area (Å²) in [7, 11) is 3.79. The fraction of sp³-hybridized carbons (Fsp3) is 0.625. The Morgan fingerprint density at radius 3 is 2.15 bits per heavy atom. The van der Waals surface area contributed by atoms with E-state index >= 15 is 0 Å². The molecule has 0 fully saturated rings. The molecule has 0 N–H and O–H groups in total. The van der Waals surface area contributed by atoms with Crippen molar-refractivity contribution in [2.75, 3.05) is 33.9 Å². The third-order valence-electron chi connectivity index (χ3n) is 3.06. The summed E-state index contributed by atoms with van der Waals surface area (Å²) in [4.78, 5) is 2.27. The number of methoxy groups -OCH3 is 1. The summed E-state index contributed by atoms with van der Waals surface area (Å²) >= 11 is 0. The van der Waals surface area contributed by atoms with E-state index < -0.39 is 0 Å². The number of benzene rings is 1. The Morgan fingerprint density at radius 1 is 1.05 bits per heavy atom. The average Bonchev–Trinajstić information content (AvgIpc) is 2.46. The Morgan fingerprint density at radius 2 is 1.65 bits per heavy atom. The maximum Gasteiger partial charge on any atom is 0.158 e. The summed E-state index contributed by atoms with van der Waals surface area (Å²) in [5.41, 5.74) is 1.28.